The van der Waals surface area contributed by atoms with E-state index in [4.69, 9.17) is 0 Å². The Morgan fingerprint density at radius 1 is 1.44 bits per heavy atom. The third kappa shape index (κ3) is 4.40. The van der Waals surface area contributed by atoms with Crippen LogP contribution in [0.5, 0.6) is 0 Å². The third-order valence-electron chi connectivity index (χ3n) is 1.35. The molecule has 0 unspecified atom stereocenters. The van der Waals surface area contributed by atoms with Crippen LogP contribution in [-0.4, -0.2) is 19.8 Å². The summed E-state index contributed by atoms with van der Waals surface area (Å²) in [6.07, 6.45) is 0.924. The molecule has 2 heteroatoms. The van der Waals surface area contributed by atoms with Crippen LogP contribution in [0.4, 0.5) is 4.39 Å². The summed E-state index contributed by atoms with van der Waals surface area (Å²) >= 11 is 0. The Bertz CT molecular complexity index is 59.9. The molecule has 0 aromatic carbocycles. The van der Waals surface area contributed by atoms with Crippen LogP contribution in [0, 0.1) is 5.92 Å². The predicted octanol–water partition coefficient (Wildman–Crippen LogP) is 1.59. The summed E-state index contributed by atoms with van der Waals surface area (Å²) in [5.74, 6) is 0.582. The van der Waals surface area contributed by atoms with Gasteiger partial charge in [-0.15, -0.1) is 0 Å². The summed E-state index contributed by atoms with van der Waals surface area (Å²) in [5, 5.41) is 2.91. The average Bonchev–Trinajstić information content (AvgIpc) is 1.82. The molecule has 0 bridgehead atoms. The smallest absolute Gasteiger partial charge is 0.105 e. The lowest BCUT2D eigenvalue weighted by molar-refractivity contribution is 0.345. The SMILES string of the molecule is CN[C@H](CF)CC(C)C. The van der Waals surface area contributed by atoms with Crippen LogP contribution in [0.3, 0.4) is 0 Å². The summed E-state index contributed by atoms with van der Waals surface area (Å²) in [4.78, 5) is 0. The topological polar surface area (TPSA) is 12.0 Å². The van der Waals surface area contributed by atoms with Gasteiger partial charge in [0.1, 0.15) is 6.67 Å². The molecule has 0 saturated heterocycles. The minimum absolute atomic E-state index is 0.0602. The van der Waals surface area contributed by atoms with E-state index in [0.717, 1.165) is 6.42 Å². The summed E-state index contributed by atoms with van der Waals surface area (Å²) < 4.78 is 12.0. The third-order valence-corrected chi connectivity index (χ3v) is 1.35. The van der Waals surface area contributed by atoms with Crippen molar-refractivity contribution in [2.75, 3.05) is 13.7 Å². The van der Waals surface area contributed by atoms with E-state index in [9.17, 15) is 4.39 Å². The molecule has 1 N–H and O–H groups in total. The van der Waals surface area contributed by atoms with Crippen LogP contribution in [0.1, 0.15) is 20.3 Å². The zero-order valence-corrected chi connectivity index (χ0v) is 6.45. The van der Waals surface area contributed by atoms with E-state index in [1.165, 1.54) is 0 Å². The van der Waals surface area contributed by atoms with Gasteiger partial charge in [-0.3, -0.25) is 0 Å². The highest BCUT2D eigenvalue weighted by Crippen LogP contribution is 2.03. The molecule has 0 aliphatic rings. The van der Waals surface area contributed by atoms with Gasteiger partial charge in [-0.1, -0.05) is 13.8 Å². The first kappa shape index (κ1) is 8.89. The quantitative estimate of drug-likeness (QED) is 0.614. The lowest BCUT2D eigenvalue weighted by Crippen LogP contribution is -2.28. The van der Waals surface area contributed by atoms with Gasteiger partial charge in [0.2, 0.25) is 0 Å². The number of nitrogens with one attached hydrogen (secondary N) is 1. The molecule has 0 aliphatic heterocycles. The van der Waals surface area contributed by atoms with E-state index in [2.05, 4.69) is 19.2 Å². The molecule has 0 fully saturated rings. The van der Waals surface area contributed by atoms with Crippen molar-refractivity contribution in [2.45, 2.75) is 26.3 Å². The van der Waals surface area contributed by atoms with E-state index in [1.807, 2.05) is 0 Å². The van der Waals surface area contributed by atoms with Gasteiger partial charge in [0, 0.05) is 6.04 Å². The molecule has 0 aromatic heterocycles. The Hall–Kier alpha value is -0.110. The van der Waals surface area contributed by atoms with Crippen LogP contribution in [0.25, 0.3) is 0 Å². The molecule has 9 heavy (non-hydrogen) atoms. The molecule has 0 rings (SSSR count). The van der Waals surface area contributed by atoms with Gasteiger partial charge in [-0.25, -0.2) is 4.39 Å². The Morgan fingerprint density at radius 3 is 2.11 bits per heavy atom. The molecule has 0 amide bonds. The maximum absolute atomic E-state index is 12.0. The van der Waals surface area contributed by atoms with Gasteiger partial charge < -0.3 is 5.32 Å². The van der Waals surface area contributed by atoms with Crippen LogP contribution in [0.15, 0.2) is 0 Å². The predicted molar refractivity (Wildman–Crippen MR) is 38.3 cm³/mol. The van der Waals surface area contributed by atoms with Gasteiger partial charge in [-0.05, 0) is 19.4 Å². The Kier molecular flexibility index (Phi) is 4.68. The molecule has 1 nitrogen and oxygen atoms in total. The zero-order chi connectivity index (χ0) is 7.28. The highest BCUT2D eigenvalue weighted by Gasteiger charge is 2.06. The van der Waals surface area contributed by atoms with Crippen LogP contribution in [-0.2, 0) is 0 Å². The summed E-state index contributed by atoms with van der Waals surface area (Å²) in [5.41, 5.74) is 0. The highest BCUT2D eigenvalue weighted by molar-refractivity contribution is 4.63. The molecule has 0 saturated carbocycles. The molecule has 0 spiro atoms. The normalized spacial score (nSPS) is 14.3. The van der Waals surface area contributed by atoms with E-state index in [-0.39, 0.29) is 12.7 Å². The molecule has 0 aliphatic carbocycles. The molecule has 1 atom stereocenters. The summed E-state index contributed by atoms with van der Waals surface area (Å²) in [6.45, 7) is 3.94. The van der Waals surface area contributed by atoms with Crippen molar-refractivity contribution in [3.63, 3.8) is 0 Å². The van der Waals surface area contributed by atoms with Gasteiger partial charge in [0.25, 0.3) is 0 Å². The fraction of sp³-hybridized carbons (Fsp3) is 1.00. The minimum atomic E-state index is -0.255. The van der Waals surface area contributed by atoms with E-state index >= 15 is 0 Å². The Morgan fingerprint density at radius 2 is 2.00 bits per heavy atom. The number of hydrogen-bond acceptors (Lipinski definition) is 1. The molecule has 0 heterocycles. The van der Waals surface area contributed by atoms with Gasteiger partial charge in [0.05, 0.1) is 0 Å². The number of halogens is 1. The van der Waals surface area contributed by atoms with Gasteiger partial charge >= 0.3 is 0 Å². The second kappa shape index (κ2) is 4.74. The second-order valence-corrected chi connectivity index (χ2v) is 2.77. The van der Waals surface area contributed by atoms with E-state index in [0.29, 0.717) is 5.92 Å². The van der Waals surface area contributed by atoms with Crippen molar-refractivity contribution in [1.82, 2.24) is 5.32 Å². The minimum Gasteiger partial charge on any atom is -0.314 e. The van der Waals surface area contributed by atoms with Crippen molar-refractivity contribution in [1.29, 1.82) is 0 Å². The first-order chi connectivity index (χ1) is 4.20. The van der Waals surface area contributed by atoms with Crippen molar-refractivity contribution < 1.29 is 4.39 Å². The Balaban J connectivity index is 3.31. The summed E-state index contributed by atoms with van der Waals surface area (Å²) in [6, 6.07) is 0.0602. The number of alkyl halides is 1. The van der Waals surface area contributed by atoms with Crippen molar-refractivity contribution in [3.8, 4) is 0 Å². The van der Waals surface area contributed by atoms with Crippen LogP contribution < -0.4 is 5.32 Å². The van der Waals surface area contributed by atoms with Crippen LogP contribution in [0.2, 0.25) is 0 Å². The maximum Gasteiger partial charge on any atom is 0.105 e. The van der Waals surface area contributed by atoms with Crippen molar-refractivity contribution in [3.05, 3.63) is 0 Å². The molecule has 0 radical (unpaired) electrons. The standard InChI is InChI=1S/C7H16FN/c1-6(2)4-7(5-8)9-3/h6-7,9H,4-5H2,1-3H3/t7-/m0/s1. The number of rotatable bonds is 4. The van der Waals surface area contributed by atoms with Crippen LogP contribution >= 0.6 is 0 Å². The Labute approximate surface area is 56.6 Å². The van der Waals surface area contributed by atoms with Gasteiger partial charge in [0.15, 0.2) is 0 Å². The molecule has 0 aromatic rings. The first-order valence-electron chi connectivity index (χ1n) is 3.44. The summed E-state index contributed by atoms with van der Waals surface area (Å²) in [7, 11) is 1.80. The fourth-order valence-corrected chi connectivity index (χ4v) is 0.827. The lowest BCUT2D eigenvalue weighted by atomic mass is 10.1. The second-order valence-electron chi connectivity index (χ2n) is 2.77. The molecule has 56 valence electrons. The molecular weight excluding hydrogens is 117 g/mol. The lowest BCUT2D eigenvalue weighted by Gasteiger charge is -2.13. The average molecular weight is 133 g/mol. The monoisotopic (exact) mass is 133 g/mol. The molecular formula is C7H16FN. The van der Waals surface area contributed by atoms with E-state index in [1.54, 1.807) is 7.05 Å². The highest BCUT2D eigenvalue weighted by atomic mass is 19.1. The largest absolute Gasteiger partial charge is 0.314 e. The fourth-order valence-electron chi connectivity index (χ4n) is 0.827. The van der Waals surface area contributed by atoms with Crippen molar-refractivity contribution in [2.24, 2.45) is 5.92 Å². The first-order valence-corrected chi connectivity index (χ1v) is 3.44. The van der Waals surface area contributed by atoms with Gasteiger partial charge in [-0.2, -0.15) is 0 Å². The zero-order valence-electron chi connectivity index (χ0n) is 6.45. The van der Waals surface area contributed by atoms with E-state index < -0.39 is 0 Å². The number of hydrogen-bond donors (Lipinski definition) is 1. The van der Waals surface area contributed by atoms with Crippen molar-refractivity contribution >= 4 is 0 Å². The maximum atomic E-state index is 12.0.